The molecule has 2 aliphatic carbocycles. The van der Waals surface area contributed by atoms with Crippen LogP contribution in [0.25, 0.3) is 0 Å². The molecule has 2 heterocycles. The third kappa shape index (κ3) is 11.2. The smallest absolute Gasteiger partial charge is 0.354 e. The number of hydrogen-bond acceptors (Lipinski definition) is 8. The number of carboxylic acid groups (broad SMARTS) is 2. The van der Waals surface area contributed by atoms with Crippen molar-refractivity contribution in [2.45, 2.75) is 168 Å². The first kappa shape index (κ1) is 47.7. The van der Waals surface area contributed by atoms with Gasteiger partial charge in [-0.15, -0.1) is 0 Å². The molecule has 10 heteroatoms. The molecule has 0 spiro atoms. The van der Waals surface area contributed by atoms with Gasteiger partial charge >= 0.3 is 23.9 Å². The van der Waals surface area contributed by atoms with Crippen LogP contribution in [0.3, 0.4) is 0 Å². The van der Waals surface area contributed by atoms with Gasteiger partial charge in [0.15, 0.2) is 0 Å². The van der Waals surface area contributed by atoms with Crippen molar-refractivity contribution in [3.63, 3.8) is 0 Å². The number of carbonyl (C=O) groups is 4. The number of aromatic nitrogens is 2. The zero-order valence-corrected chi connectivity index (χ0v) is 38.5. The molecule has 62 heavy (non-hydrogen) atoms. The van der Waals surface area contributed by atoms with Crippen LogP contribution in [0.5, 0.6) is 11.6 Å². The van der Waals surface area contributed by atoms with E-state index >= 15 is 0 Å². The largest absolute Gasteiger partial charge is 0.478 e. The lowest BCUT2D eigenvalue weighted by Crippen LogP contribution is -2.34. The van der Waals surface area contributed by atoms with E-state index in [2.05, 4.69) is 91.3 Å². The Morgan fingerprint density at radius 3 is 1.37 bits per heavy atom. The van der Waals surface area contributed by atoms with Crippen LogP contribution < -0.4 is 9.47 Å². The van der Waals surface area contributed by atoms with Crippen LogP contribution in [-0.4, -0.2) is 44.1 Å². The molecule has 0 unspecified atom stereocenters. The van der Waals surface area contributed by atoms with E-state index in [9.17, 15) is 19.2 Å². The van der Waals surface area contributed by atoms with Crippen molar-refractivity contribution < 1.29 is 38.9 Å². The van der Waals surface area contributed by atoms with Crippen molar-refractivity contribution in [2.24, 2.45) is 0 Å². The van der Waals surface area contributed by atoms with Crippen molar-refractivity contribution >= 4 is 23.9 Å². The van der Waals surface area contributed by atoms with E-state index in [0.717, 1.165) is 88.2 Å². The average Bonchev–Trinajstić information content (AvgIpc) is 3.22. The molecule has 2 aromatic heterocycles. The molecule has 0 saturated carbocycles. The van der Waals surface area contributed by atoms with Crippen LogP contribution >= 0.6 is 0 Å². The Labute approximate surface area is 367 Å². The summed E-state index contributed by atoms with van der Waals surface area (Å²) in [7, 11) is 0. The Balaban J connectivity index is 0.000000234. The summed E-state index contributed by atoms with van der Waals surface area (Å²) in [5.41, 5.74) is 8.42. The summed E-state index contributed by atoms with van der Waals surface area (Å²) in [6.07, 6.45) is 15.0. The molecule has 2 N–H and O–H groups in total. The van der Waals surface area contributed by atoms with E-state index in [1.54, 1.807) is 0 Å². The maximum Gasteiger partial charge on any atom is 0.354 e. The highest BCUT2D eigenvalue weighted by atomic mass is 16.5. The fraction of sp³-hybridized carbons (Fsp3) is 0.500. The normalized spacial score (nSPS) is 16.4. The standard InChI is InChI=1S/2C26H33NO4/c1-6-7-8-9-17-14-20-21(26(4,5)13-12-25(20,2)3)15-19(17)24(30)31-18-10-11-22(23(28)29)27-16-18;1-6-7-8-9-17-14-20-21(26(4,5)13-12-25(20,2)3)15-19(17)24(30)31-22-11-10-18(16-27-22)23(28)29/h2*10-11,14-16H,6-9,12-13H2,1-5H3,(H,28,29). The summed E-state index contributed by atoms with van der Waals surface area (Å²) < 4.78 is 11.1. The van der Waals surface area contributed by atoms with Crippen LogP contribution in [0, 0.1) is 0 Å². The van der Waals surface area contributed by atoms with Gasteiger partial charge < -0.3 is 19.7 Å². The molecule has 332 valence electrons. The first-order valence-electron chi connectivity index (χ1n) is 22.3. The molecule has 4 aromatic rings. The van der Waals surface area contributed by atoms with Gasteiger partial charge in [-0.2, -0.15) is 0 Å². The fourth-order valence-corrected chi connectivity index (χ4v) is 8.69. The van der Waals surface area contributed by atoms with Crippen LogP contribution in [-0.2, 0) is 34.5 Å². The Hall–Kier alpha value is -5.38. The van der Waals surface area contributed by atoms with Gasteiger partial charge in [0.2, 0.25) is 5.88 Å². The number of aryl methyl sites for hydroxylation is 2. The number of carbonyl (C=O) groups excluding carboxylic acids is 2. The maximum atomic E-state index is 13.2. The number of fused-ring (bicyclic) bond motifs is 2. The lowest BCUT2D eigenvalue weighted by Gasteiger charge is -2.42. The number of aromatic carboxylic acids is 2. The molecular formula is C52H66N2O8. The predicted molar refractivity (Wildman–Crippen MR) is 242 cm³/mol. The van der Waals surface area contributed by atoms with E-state index in [-0.39, 0.29) is 44.5 Å². The molecule has 2 aromatic carbocycles. The van der Waals surface area contributed by atoms with E-state index < -0.39 is 23.9 Å². The number of esters is 2. The van der Waals surface area contributed by atoms with Crippen molar-refractivity contribution in [3.8, 4) is 11.6 Å². The van der Waals surface area contributed by atoms with Gasteiger partial charge in [0.1, 0.15) is 11.4 Å². The topological polar surface area (TPSA) is 153 Å². The SMILES string of the molecule is CCCCCc1cc2c(cc1C(=O)Oc1ccc(C(=O)O)cn1)C(C)(C)CCC2(C)C.CCCCCc1cc2c(cc1C(=O)Oc1ccc(C(=O)O)nc1)C(C)(C)CCC2(C)C. The summed E-state index contributed by atoms with van der Waals surface area (Å²) in [4.78, 5) is 56.2. The van der Waals surface area contributed by atoms with Gasteiger partial charge in [-0.05, 0) is 137 Å². The lowest BCUT2D eigenvalue weighted by atomic mass is 9.62. The summed E-state index contributed by atoms with van der Waals surface area (Å²) in [5.74, 6) is -2.69. The van der Waals surface area contributed by atoms with Crippen molar-refractivity contribution in [1.29, 1.82) is 0 Å². The van der Waals surface area contributed by atoms with E-state index in [1.807, 2.05) is 12.1 Å². The quantitative estimate of drug-likeness (QED) is 0.0926. The third-order valence-corrected chi connectivity index (χ3v) is 13.0. The highest BCUT2D eigenvalue weighted by Crippen LogP contribution is 2.48. The molecule has 2 aliphatic rings. The van der Waals surface area contributed by atoms with Crippen molar-refractivity contribution in [2.75, 3.05) is 0 Å². The minimum Gasteiger partial charge on any atom is -0.478 e. The highest BCUT2D eigenvalue weighted by Gasteiger charge is 2.40. The van der Waals surface area contributed by atoms with E-state index in [4.69, 9.17) is 19.7 Å². The van der Waals surface area contributed by atoms with Crippen molar-refractivity contribution in [1.82, 2.24) is 9.97 Å². The van der Waals surface area contributed by atoms with Gasteiger partial charge in [0, 0.05) is 12.3 Å². The van der Waals surface area contributed by atoms with Gasteiger partial charge in [0.05, 0.1) is 22.9 Å². The average molecular weight is 847 g/mol. The number of nitrogens with zero attached hydrogens (tertiary/aromatic N) is 2. The minimum absolute atomic E-state index is 0.00742. The van der Waals surface area contributed by atoms with Crippen LogP contribution in [0.15, 0.2) is 60.9 Å². The molecule has 6 rings (SSSR count). The Morgan fingerprint density at radius 2 is 1.00 bits per heavy atom. The molecule has 0 atom stereocenters. The van der Waals surface area contributed by atoms with Crippen LogP contribution in [0.1, 0.15) is 208 Å². The predicted octanol–water partition coefficient (Wildman–Crippen LogP) is 12.2. The Morgan fingerprint density at radius 1 is 0.548 bits per heavy atom. The van der Waals surface area contributed by atoms with Gasteiger partial charge in [-0.25, -0.2) is 29.1 Å². The molecule has 0 radical (unpaired) electrons. The molecule has 0 aliphatic heterocycles. The second-order valence-corrected chi connectivity index (χ2v) is 19.7. The van der Waals surface area contributed by atoms with Crippen LogP contribution in [0.4, 0.5) is 0 Å². The highest BCUT2D eigenvalue weighted by molar-refractivity contribution is 5.94. The molecule has 0 fully saturated rings. The fourth-order valence-electron chi connectivity index (χ4n) is 8.69. The zero-order valence-electron chi connectivity index (χ0n) is 38.5. The first-order valence-corrected chi connectivity index (χ1v) is 22.3. The monoisotopic (exact) mass is 846 g/mol. The summed E-state index contributed by atoms with van der Waals surface area (Å²) in [5, 5.41) is 18.0. The molecular weight excluding hydrogens is 781 g/mol. The number of pyridine rings is 2. The molecule has 0 amide bonds. The number of rotatable bonds is 14. The second-order valence-electron chi connectivity index (χ2n) is 19.7. The zero-order chi connectivity index (χ0) is 45.6. The molecule has 0 saturated heterocycles. The van der Waals surface area contributed by atoms with Gasteiger partial charge in [-0.3, -0.25) is 0 Å². The second kappa shape index (κ2) is 19.3. The summed E-state index contributed by atoms with van der Waals surface area (Å²) in [6.45, 7) is 22.4. The Bertz CT molecular complexity index is 2110. The number of carboxylic acids is 2. The minimum atomic E-state index is -1.12. The number of benzene rings is 2. The molecule has 0 bridgehead atoms. The summed E-state index contributed by atoms with van der Waals surface area (Å²) >= 11 is 0. The molecule has 10 nitrogen and oxygen atoms in total. The number of ether oxygens (including phenoxy) is 2. The maximum absolute atomic E-state index is 13.2. The number of hydrogen-bond donors (Lipinski definition) is 2. The summed E-state index contributed by atoms with van der Waals surface area (Å²) in [6, 6.07) is 14.1. The third-order valence-electron chi connectivity index (χ3n) is 13.0. The first-order chi connectivity index (χ1) is 29.1. The van der Waals surface area contributed by atoms with Crippen molar-refractivity contribution in [3.05, 3.63) is 117 Å². The lowest BCUT2D eigenvalue weighted by molar-refractivity contribution is 0.0681. The van der Waals surface area contributed by atoms with Gasteiger partial charge in [-0.1, -0.05) is 107 Å². The van der Waals surface area contributed by atoms with E-state index in [0.29, 0.717) is 11.1 Å². The Kier molecular flexibility index (Phi) is 14.9. The van der Waals surface area contributed by atoms with E-state index in [1.165, 1.54) is 58.9 Å². The van der Waals surface area contributed by atoms with Crippen LogP contribution in [0.2, 0.25) is 0 Å². The number of unbranched alkanes of at least 4 members (excludes halogenated alkanes) is 4. The van der Waals surface area contributed by atoms with Gasteiger partial charge in [0.25, 0.3) is 0 Å².